The predicted octanol–water partition coefficient (Wildman–Crippen LogP) is 4.67. The lowest BCUT2D eigenvalue weighted by atomic mass is 9.99. The van der Waals surface area contributed by atoms with E-state index in [9.17, 15) is 4.79 Å². The SMILES string of the molecule is C[C@@H]1CCCN(Cc2ccc(C(=O)N[C@H](C)CCc3ccccc3)cc2)C1. The molecule has 144 valence electrons. The summed E-state index contributed by atoms with van der Waals surface area (Å²) < 4.78 is 0. The van der Waals surface area contributed by atoms with Crippen molar-refractivity contribution in [2.75, 3.05) is 13.1 Å². The minimum Gasteiger partial charge on any atom is -0.350 e. The van der Waals surface area contributed by atoms with E-state index in [1.54, 1.807) is 0 Å². The third kappa shape index (κ3) is 6.21. The van der Waals surface area contributed by atoms with E-state index in [0.29, 0.717) is 0 Å². The summed E-state index contributed by atoms with van der Waals surface area (Å²) in [5, 5.41) is 3.12. The highest BCUT2D eigenvalue weighted by Gasteiger charge is 2.16. The lowest BCUT2D eigenvalue weighted by molar-refractivity contribution is 0.0938. The average molecular weight is 365 g/mol. The van der Waals surface area contributed by atoms with Gasteiger partial charge in [-0.15, -0.1) is 0 Å². The van der Waals surface area contributed by atoms with Crippen molar-refractivity contribution in [3.8, 4) is 0 Å². The maximum absolute atomic E-state index is 12.5. The fourth-order valence-electron chi connectivity index (χ4n) is 3.86. The van der Waals surface area contributed by atoms with Crippen LogP contribution in [0.4, 0.5) is 0 Å². The molecule has 0 radical (unpaired) electrons. The molecule has 0 aromatic heterocycles. The van der Waals surface area contributed by atoms with Gasteiger partial charge in [0.05, 0.1) is 0 Å². The van der Waals surface area contributed by atoms with Gasteiger partial charge in [-0.25, -0.2) is 0 Å². The van der Waals surface area contributed by atoms with Crippen molar-refractivity contribution in [2.45, 2.75) is 52.1 Å². The zero-order chi connectivity index (χ0) is 19.1. The smallest absolute Gasteiger partial charge is 0.251 e. The summed E-state index contributed by atoms with van der Waals surface area (Å²) in [6.07, 6.45) is 4.57. The van der Waals surface area contributed by atoms with Crippen molar-refractivity contribution < 1.29 is 4.79 Å². The first-order valence-corrected chi connectivity index (χ1v) is 10.3. The topological polar surface area (TPSA) is 32.3 Å². The minimum atomic E-state index is 0.0220. The number of rotatable bonds is 7. The van der Waals surface area contributed by atoms with Gasteiger partial charge in [0.25, 0.3) is 5.91 Å². The van der Waals surface area contributed by atoms with E-state index in [-0.39, 0.29) is 11.9 Å². The van der Waals surface area contributed by atoms with E-state index in [1.807, 2.05) is 18.2 Å². The van der Waals surface area contributed by atoms with Gasteiger partial charge in [-0.2, -0.15) is 0 Å². The van der Waals surface area contributed by atoms with Gasteiger partial charge in [0, 0.05) is 24.7 Å². The number of nitrogens with zero attached hydrogens (tertiary/aromatic N) is 1. The molecule has 3 heteroatoms. The minimum absolute atomic E-state index is 0.0220. The molecule has 1 heterocycles. The molecular weight excluding hydrogens is 332 g/mol. The van der Waals surface area contributed by atoms with Gasteiger partial charge in [-0.05, 0) is 68.3 Å². The Balaban J connectivity index is 1.46. The predicted molar refractivity (Wildman–Crippen MR) is 112 cm³/mol. The maximum atomic E-state index is 12.5. The van der Waals surface area contributed by atoms with E-state index in [1.165, 1.54) is 37.1 Å². The summed E-state index contributed by atoms with van der Waals surface area (Å²) in [5.41, 5.74) is 3.35. The highest BCUT2D eigenvalue weighted by Crippen LogP contribution is 2.18. The zero-order valence-electron chi connectivity index (χ0n) is 16.7. The van der Waals surface area contributed by atoms with Gasteiger partial charge in [-0.1, -0.05) is 49.4 Å². The molecular formula is C24H32N2O. The van der Waals surface area contributed by atoms with Crippen LogP contribution in [0.2, 0.25) is 0 Å². The van der Waals surface area contributed by atoms with Crippen LogP contribution in [-0.4, -0.2) is 29.9 Å². The number of carbonyl (C=O) groups is 1. The van der Waals surface area contributed by atoms with E-state index >= 15 is 0 Å². The quantitative estimate of drug-likeness (QED) is 0.774. The summed E-state index contributed by atoms with van der Waals surface area (Å²) in [7, 11) is 0. The molecule has 3 rings (SSSR count). The first-order valence-electron chi connectivity index (χ1n) is 10.3. The van der Waals surface area contributed by atoms with E-state index in [0.717, 1.165) is 30.9 Å². The molecule has 1 N–H and O–H groups in total. The Morgan fingerprint density at radius 1 is 1.11 bits per heavy atom. The number of amides is 1. The van der Waals surface area contributed by atoms with Crippen LogP contribution >= 0.6 is 0 Å². The summed E-state index contributed by atoms with van der Waals surface area (Å²) in [6.45, 7) is 7.76. The Kier molecular flexibility index (Phi) is 7.05. The van der Waals surface area contributed by atoms with E-state index in [2.05, 4.69) is 60.5 Å². The molecule has 0 unspecified atom stereocenters. The van der Waals surface area contributed by atoms with Crippen LogP contribution in [-0.2, 0) is 13.0 Å². The molecule has 0 spiro atoms. The van der Waals surface area contributed by atoms with Crippen molar-refractivity contribution >= 4 is 5.91 Å². The Morgan fingerprint density at radius 3 is 2.56 bits per heavy atom. The highest BCUT2D eigenvalue weighted by atomic mass is 16.1. The first-order chi connectivity index (χ1) is 13.1. The van der Waals surface area contributed by atoms with Crippen molar-refractivity contribution in [1.29, 1.82) is 0 Å². The number of benzene rings is 2. The lowest BCUT2D eigenvalue weighted by Crippen LogP contribution is -2.34. The number of hydrogen-bond donors (Lipinski definition) is 1. The molecule has 27 heavy (non-hydrogen) atoms. The fourth-order valence-corrected chi connectivity index (χ4v) is 3.86. The third-order valence-corrected chi connectivity index (χ3v) is 5.45. The lowest BCUT2D eigenvalue weighted by Gasteiger charge is -2.30. The van der Waals surface area contributed by atoms with Crippen molar-refractivity contribution in [2.24, 2.45) is 5.92 Å². The standard InChI is InChI=1S/C24H32N2O/c1-19-7-6-16-26(17-19)18-22-12-14-23(15-13-22)24(27)25-20(2)10-11-21-8-4-3-5-9-21/h3-5,8-9,12-15,19-20H,6-7,10-11,16-18H2,1-2H3,(H,25,27)/t19-,20-/m1/s1. The molecule has 1 amide bonds. The van der Waals surface area contributed by atoms with Crippen molar-refractivity contribution in [3.05, 3.63) is 71.3 Å². The molecule has 2 aromatic carbocycles. The summed E-state index contributed by atoms with van der Waals surface area (Å²) in [4.78, 5) is 15.0. The second kappa shape index (κ2) is 9.70. The normalized spacial score (nSPS) is 18.8. The van der Waals surface area contributed by atoms with E-state index in [4.69, 9.17) is 0 Å². The van der Waals surface area contributed by atoms with Crippen LogP contribution < -0.4 is 5.32 Å². The monoisotopic (exact) mass is 364 g/mol. The highest BCUT2D eigenvalue weighted by molar-refractivity contribution is 5.94. The number of hydrogen-bond acceptors (Lipinski definition) is 2. The number of nitrogens with one attached hydrogen (secondary N) is 1. The van der Waals surface area contributed by atoms with E-state index < -0.39 is 0 Å². The summed E-state index contributed by atoms with van der Waals surface area (Å²) >= 11 is 0. The molecule has 1 saturated heterocycles. The molecule has 0 saturated carbocycles. The number of likely N-dealkylation sites (tertiary alicyclic amines) is 1. The average Bonchev–Trinajstić information content (AvgIpc) is 2.68. The molecule has 3 nitrogen and oxygen atoms in total. The molecule has 1 aliphatic heterocycles. The number of aryl methyl sites for hydroxylation is 1. The molecule has 2 atom stereocenters. The van der Waals surface area contributed by atoms with Crippen LogP contribution in [0.15, 0.2) is 54.6 Å². The molecule has 2 aromatic rings. The molecule has 0 bridgehead atoms. The van der Waals surface area contributed by atoms with Crippen LogP contribution in [0.3, 0.4) is 0 Å². The van der Waals surface area contributed by atoms with Gasteiger partial charge in [0.1, 0.15) is 0 Å². The zero-order valence-corrected chi connectivity index (χ0v) is 16.7. The Hall–Kier alpha value is -2.13. The summed E-state index contributed by atoms with van der Waals surface area (Å²) in [5.74, 6) is 0.815. The second-order valence-corrected chi connectivity index (χ2v) is 8.08. The van der Waals surface area contributed by atoms with Crippen molar-refractivity contribution in [1.82, 2.24) is 10.2 Å². The van der Waals surface area contributed by atoms with Crippen LogP contribution in [0.5, 0.6) is 0 Å². The Bertz CT molecular complexity index is 711. The summed E-state index contributed by atoms with van der Waals surface area (Å²) in [6, 6.07) is 18.7. The van der Waals surface area contributed by atoms with Gasteiger partial charge in [-0.3, -0.25) is 9.69 Å². The van der Waals surface area contributed by atoms with Crippen LogP contribution in [0, 0.1) is 5.92 Å². The van der Waals surface area contributed by atoms with Crippen LogP contribution in [0.1, 0.15) is 54.6 Å². The van der Waals surface area contributed by atoms with Gasteiger partial charge >= 0.3 is 0 Å². The maximum Gasteiger partial charge on any atom is 0.251 e. The first kappa shape index (κ1) is 19.6. The number of piperidine rings is 1. The van der Waals surface area contributed by atoms with Crippen LogP contribution in [0.25, 0.3) is 0 Å². The van der Waals surface area contributed by atoms with Gasteiger partial charge < -0.3 is 5.32 Å². The Morgan fingerprint density at radius 2 is 1.85 bits per heavy atom. The number of carbonyl (C=O) groups excluding carboxylic acids is 1. The van der Waals surface area contributed by atoms with Gasteiger partial charge in [0.2, 0.25) is 0 Å². The molecule has 0 aliphatic carbocycles. The molecule has 1 aliphatic rings. The van der Waals surface area contributed by atoms with Gasteiger partial charge in [0.15, 0.2) is 0 Å². The van der Waals surface area contributed by atoms with Crippen molar-refractivity contribution in [3.63, 3.8) is 0 Å². The Labute approximate surface area is 163 Å². The molecule has 1 fully saturated rings. The largest absolute Gasteiger partial charge is 0.350 e. The second-order valence-electron chi connectivity index (χ2n) is 8.08. The third-order valence-electron chi connectivity index (χ3n) is 5.45. The fraction of sp³-hybridized carbons (Fsp3) is 0.458.